The number of thiophene rings is 1. The zero-order valence-corrected chi connectivity index (χ0v) is 13.9. The topological polar surface area (TPSA) is 15.3 Å². The summed E-state index contributed by atoms with van der Waals surface area (Å²) in [6.07, 6.45) is 2.69. The van der Waals surface area contributed by atoms with E-state index in [0.29, 0.717) is 6.04 Å². The highest BCUT2D eigenvalue weighted by molar-refractivity contribution is 7.10. The molecule has 1 heterocycles. The van der Waals surface area contributed by atoms with Gasteiger partial charge in [-0.1, -0.05) is 18.2 Å². The molecule has 1 aliphatic carbocycles. The summed E-state index contributed by atoms with van der Waals surface area (Å²) < 4.78 is 0. The van der Waals surface area contributed by atoms with Gasteiger partial charge in [-0.15, -0.1) is 11.3 Å². The van der Waals surface area contributed by atoms with E-state index in [-0.39, 0.29) is 0 Å². The van der Waals surface area contributed by atoms with Crippen molar-refractivity contribution in [3.05, 3.63) is 51.7 Å². The van der Waals surface area contributed by atoms with Gasteiger partial charge in [-0.25, -0.2) is 0 Å². The lowest BCUT2D eigenvalue weighted by molar-refractivity contribution is 0.687. The van der Waals surface area contributed by atoms with Gasteiger partial charge in [0.2, 0.25) is 0 Å². The van der Waals surface area contributed by atoms with Gasteiger partial charge < -0.3 is 10.2 Å². The second-order valence-electron chi connectivity index (χ2n) is 6.08. The first kappa shape index (κ1) is 14.6. The van der Waals surface area contributed by atoms with E-state index in [1.54, 1.807) is 0 Å². The molecule has 2 aromatic rings. The molecule has 1 aromatic carbocycles. The summed E-state index contributed by atoms with van der Waals surface area (Å²) in [4.78, 5) is 3.79. The molecular weight excluding hydrogens is 276 g/mol. The Morgan fingerprint density at radius 1 is 1.33 bits per heavy atom. The van der Waals surface area contributed by atoms with Gasteiger partial charge in [-0.05, 0) is 55.3 Å². The molecule has 0 radical (unpaired) electrons. The van der Waals surface area contributed by atoms with Crippen molar-refractivity contribution in [3.8, 4) is 0 Å². The van der Waals surface area contributed by atoms with Crippen LogP contribution < -0.4 is 10.2 Å². The van der Waals surface area contributed by atoms with E-state index in [1.165, 1.54) is 34.5 Å². The van der Waals surface area contributed by atoms with E-state index < -0.39 is 0 Å². The Bertz CT molecular complexity index is 587. The van der Waals surface area contributed by atoms with E-state index in [0.717, 1.165) is 12.6 Å². The van der Waals surface area contributed by atoms with Crippen molar-refractivity contribution in [2.75, 3.05) is 11.9 Å². The number of aryl methyl sites for hydroxylation is 1. The van der Waals surface area contributed by atoms with Crippen LogP contribution >= 0.6 is 11.3 Å². The third-order valence-electron chi connectivity index (χ3n) is 4.35. The summed E-state index contributed by atoms with van der Waals surface area (Å²) in [5.74, 6) is 0. The fraction of sp³-hybridized carbons (Fsp3) is 0.444. The number of rotatable bonds is 6. The smallest absolute Gasteiger partial charge is 0.0603 e. The van der Waals surface area contributed by atoms with Crippen LogP contribution in [0.25, 0.3) is 0 Å². The first-order valence-corrected chi connectivity index (χ1v) is 8.62. The third-order valence-corrected chi connectivity index (χ3v) is 5.39. The highest BCUT2D eigenvalue weighted by atomic mass is 32.1. The Kier molecular flexibility index (Phi) is 4.32. The molecule has 2 nitrogen and oxygen atoms in total. The minimum atomic E-state index is 0.416. The quantitative estimate of drug-likeness (QED) is 0.844. The summed E-state index contributed by atoms with van der Waals surface area (Å²) in [7, 11) is 2.19. The predicted octanol–water partition coefficient (Wildman–Crippen LogP) is 4.51. The normalized spacial score (nSPS) is 16.0. The van der Waals surface area contributed by atoms with Gasteiger partial charge in [-0.2, -0.15) is 0 Å². The van der Waals surface area contributed by atoms with Crippen molar-refractivity contribution < 1.29 is 0 Å². The van der Waals surface area contributed by atoms with E-state index in [4.69, 9.17) is 0 Å². The molecule has 1 aliphatic rings. The monoisotopic (exact) mass is 300 g/mol. The Labute approximate surface area is 131 Å². The molecule has 0 bridgehead atoms. The summed E-state index contributed by atoms with van der Waals surface area (Å²) in [6.45, 7) is 5.48. The fourth-order valence-corrected chi connectivity index (χ4v) is 3.53. The van der Waals surface area contributed by atoms with E-state index >= 15 is 0 Å². The number of nitrogens with one attached hydrogen (secondary N) is 1. The molecule has 1 fully saturated rings. The summed E-state index contributed by atoms with van der Waals surface area (Å²) in [5, 5.41) is 5.73. The maximum absolute atomic E-state index is 3.58. The zero-order valence-electron chi connectivity index (χ0n) is 13.1. The molecule has 1 N–H and O–H groups in total. The first-order valence-electron chi connectivity index (χ1n) is 7.74. The van der Waals surface area contributed by atoms with Crippen molar-refractivity contribution in [2.45, 2.75) is 45.3 Å². The highest BCUT2D eigenvalue weighted by Crippen LogP contribution is 2.30. The zero-order chi connectivity index (χ0) is 14.8. The summed E-state index contributed by atoms with van der Waals surface area (Å²) in [5.41, 5.74) is 4.07. The minimum absolute atomic E-state index is 0.416. The number of benzene rings is 1. The molecule has 1 atom stereocenters. The third kappa shape index (κ3) is 3.47. The van der Waals surface area contributed by atoms with Gasteiger partial charge in [0.05, 0.1) is 6.04 Å². The number of hydrogen-bond acceptors (Lipinski definition) is 3. The van der Waals surface area contributed by atoms with Gasteiger partial charge in [-0.3, -0.25) is 0 Å². The molecule has 112 valence electrons. The molecule has 1 saturated carbocycles. The van der Waals surface area contributed by atoms with E-state index in [1.807, 2.05) is 11.3 Å². The van der Waals surface area contributed by atoms with Crippen molar-refractivity contribution in [1.82, 2.24) is 5.32 Å². The van der Waals surface area contributed by atoms with Crippen molar-refractivity contribution in [2.24, 2.45) is 0 Å². The molecule has 1 unspecified atom stereocenters. The molecule has 3 rings (SSSR count). The second kappa shape index (κ2) is 6.20. The molecule has 3 heteroatoms. The van der Waals surface area contributed by atoms with Crippen LogP contribution in [0.2, 0.25) is 0 Å². The van der Waals surface area contributed by atoms with Crippen LogP contribution in [0, 0.1) is 6.92 Å². The van der Waals surface area contributed by atoms with Crippen LogP contribution in [0.3, 0.4) is 0 Å². The lowest BCUT2D eigenvalue weighted by atomic mass is 10.1. The van der Waals surface area contributed by atoms with Crippen LogP contribution in [0.4, 0.5) is 5.69 Å². The van der Waals surface area contributed by atoms with Crippen LogP contribution in [0.5, 0.6) is 0 Å². The molecule has 1 aromatic heterocycles. The Hall–Kier alpha value is -1.32. The molecule has 0 aliphatic heterocycles. The minimum Gasteiger partial charge on any atom is -0.367 e. The predicted molar refractivity (Wildman–Crippen MR) is 92.2 cm³/mol. The maximum Gasteiger partial charge on any atom is 0.0603 e. The van der Waals surface area contributed by atoms with Crippen LogP contribution in [-0.4, -0.2) is 13.1 Å². The molecule has 0 saturated heterocycles. The molecular formula is C18H24N2S. The Balaban J connectivity index is 1.71. The lowest BCUT2D eigenvalue weighted by Gasteiger charge is -2.28. The van der Waals surface area contributed by atoms with E-state index in [9.17, 15) is 0 Å². The molecule has 0 spiro atoms. The van der Waals surface area contributed by atoms with Crippen molar-refractivity contribution in [1.29, 1.82) is 0 Å². The Morgan fingerprint density at radius 2 is 2.14 bits per heavy atom. The maximum atomic E-state index is 3.58. The van der Waals surface area contributed by atoms with Gasteiger partial charge in [0.1, 0.15) is 0 Å². The number of anilines is 1. The van der Waals surface area contributed by atoms with Gasteiger partial charge in [0, 0.05) is 30.2 Å². The standard InChI is InChI=1S/C18H24N2S/c1-13-11-15(12-19-16-7-8-16)6-9-17(13)20(3)14(2)18-5-4-10-21-18/h4-6,9-11,14,16,19H,7-8,12H2,1-3H3. The Morgan fingerprint density at radius 3 is 2.76 bits per heavy atom. The van der Waals surface area contributed by atoms with Crippen LogP contribution in [0.15, 0.2) is 35.7 Å². The van der Waals surface area contributed by atoms with Crippen molar-refractivity contribution in [3.63, 3.8) is 0 Å². The molecule has 21 heavy (non-hydrogen) atoms. The van der Waals surface area contributed by atoms with Gasteiger partial charge >= 0.3 is 0 Å². The van der Waals surface area contributed by atoms with Gasteiger partial charge in [0.15, 0.2) is 0 Å². The van der Waals surface area contributed by atoms with Crippen LogP contribution in [0.1, 0.15) is 41.8 Å². The van der Waals surface area contributed by atoms with Crippen LogP contribution in [-0.2, 0) is 6.54 Å². The fourth-order valence-electron chi connectivity index (χ4n) is 2.70. The average Bonchev–Trinajstić information content (AvgIpc) is 3.15. The highest BCUT2D eigenvalue weighted by Gasteiger charge is 2.20. The summed E-state index contributed by atoms with van der Waals surface area (Å²) in [6, 6.07) is 12.4. The summed E-state index contributed by atoms with van der Waals surface area (Å²) >= 11 is 1.83. The van der Waals surface area contributed by atoms with E-state index in [2.05, 4.69) is 66.8 Å². The average molecular weight is 300 g/mol. The van der Waals surface area contributed by atoms with Gasteiger partial charge in [0.25, 0.3) is 0 Å². The van der Waals surface area contributed by atoms with Crippen molar-refractivity contribution >= 4 is 17.0 Å². The SMILES string of the molecule is Cc1cc(CNC2CC2)ccc1N(C)C(C)c1cccs1. The second-order valence-corrected chi connectivity index (χ2v) is 7.06. The lowest BCUT2D eigenvalue weighted by Crippen LogP contribution is -2.22. The number of nitrogens with zero attached hydrogens (tertiary/aromatic N) is 1. The largest absolute Gasteiger partial charge is 0.367 e. The molecule has 0 amide bonds. The number of hydrogen-bond donors (Lipinski definition) is 1. The first-order chi connectivity index (χ1) is 10.1.